The predicted molar refractivity (Wildman–Crippen MR) is 72.6 cm³/mol. The van der Waals surface area contributed by atoms with Gasteiger partial charge in [-0.25, -0.2) is 4.39 Å². The Morgan fingerprint density at radius 3 is 2.95 bits per heavy atom. The number of nitrogens with zero attached hydrogens (tertiary/aromatic N) is 2. The van der Waals surface area contributed by atoms with Crippen LogP contribution in [-0.4, -0.2) is 15.8 Å². The smallest absolute Gasteiger partial charge is 0.129 e. The van der Waals surface area contributed by atoms with Crippen molar-refractivity contribution in [1.29, 1.82) is 0 Å². The van der Waals surface area contributed by atoms with Crippen LogP contribution in [0.25, 0.3) is 0 Å². The summed E-state index contributed by atoms with van der Waals surface area (Å²) in [5.74, 6) is -0.291. The maximum absolute atomic E-state index is 13.7. The average molecular weight is 280 g/mol. The van der Waals surface area contributed by atoms with E-state index >= 15 is 0 Å². The molecule has 1 aromatic heterocycles. The highest BCUT2D eigenvalue weighted by atomic mass is 35.5. The van der Waals surface area contributed by atoms with Gasteiger partial charge in [-0.3, -0.25) is 4.68 Å². The monoisotopic (exact) mass is 279 g/mol. The maximum Gasteiger partial charge on any atom is 0.129 e. The van der Waals surface area contributed by atoms with E-state index in [-0.39, 0.29) is 5.82 Å². The third-order valence-electron chi connectivity index (χ3n) is 3.19. The zero-order valence-electron chi connectivity index (χ0n) is 10.4. The third-order valence-corrected chi connectivity index (χ3v) is 3.43. The summed E-state index contributed by atoms with van der Waals surface area (Å²) >= 11 is 5.73. The van der Waals surface area contributed by atoms with Gasteiger partial charge in [0.2, 0.25) is 0 Å². The summed E-state index contributed by atoms with van der Waals surface area (Å²) in [6.07, 6.45) is 4.39. The summed E-state index contributed by atoms with van der Waals surface area (Å²) in [4.78, 5) is 0. The van der Waals surface area contributed by atoms with Gasteiger partial charge < -0.3 is 5.32 Å². The average Bonchev–Trinajstić information content (AvgIpc) is 3.10. The van der Waals surface area contributed by atoms with Crippen LogP contribution in [0.15, 0.2) is 30.5 Å². The molecular formula is C14H15ClFN3. The third kappa shape index (κ3) is 3.33. The van der Waals surface area contributed by atoms with E-state index in [2.05, 4.69) is 10.4 Å². The Bertz CT molecular complexity index is 578. The maximum atomic E-state index is 13.7. The van der Waals surface area contributed by atoms with Crippen molar-refractivity contribution >= 4 is 11.6 Å². The molecule has 19 heavy (non-hydrogen) atoms. The normalized spacial score (nSPS) is 14.8. The van der Waals surface area contributed by atoms with Crippen LogP contribution >= 0.6 is 11.6 Å². The summed E-state index contributed by atoms with van der Waals surface area (Å²) in [6.45, 7) is 1.20. The number of halogens is 2. The molecule has 0 radical (unpaired) electrons. The first kappa shape index (κ1) is 12.6. The fourth-order valence-corrected chi connectivity index (χ4v) is 2.11. The first-order valence-corrected chi connectivity index (χ1v) is 6.78. The van der Waals surface area contributed by atoms with Gasteiger partial charge in [-0.05, 0) is 31.0 Å². The minimum atomic E-state index is -0.291. The fourth-order valence-electron chi connectivity index (χ4n) is 1.95. The first-order valence-electron chi connectivity index (χ1n) is 6.40. The van der Waals surface area contributed by atoms with Crippen molar-refractivity contribution in [1.82, 2.24) is 15.1 Å². The van der Waals surface area contributed by atoms with Gasteiger partial charge in [-0.15, -0.1) is 0 Å². The van der Waals surface area contributed by atoms with Crippen LogP contribution in [0.3, 0.4) is 0 Å². The highest BCUT2D eigenvalue weighted by molar-refractivity contribution is 6.30. The molecule has 2 aromatic rings. The quantitative estimate of drug-likeness (QED) is 0.912. The van der Waals surface area contributed by atoms with E-state index in [1.807, 2.05) is 12.3 Å². The van der Waals surface area contributed by atoms with Crippen molar-refractivity contribution in [3.63, 3.8) is 0 Å². The van der Waals surface area contributed by atoms with Crippen LogP contribution < -0.4 is 5.32 Å². The number of rotatable bonds is 5. The second-order valence-corrected chi connectivity index (χ2v) is 5.33. The molecule has 1 aliphatic carbocycles. The Labute approximate surface area is 116 Å². The molecule has 1 aromatic carbocycles. The molecule has 0 atom stereocenters. The molecule has 1 fully saturated rings. The molecule has 3 rings (SSSR count). The molecule has 0 saturated heterocycles. The van der Waals surface area contributed by atoms with E-state index in [4.69, 9.17) is 11.6 Å². The molecule has 0 unspecified atom stereocenters. The van der Waals surface area contributed by atoms with E-state index in [1.54, 1.807) is 16.8 Å². The van der Waals surface area contributed by atoms with Gasteiger partial charge in [-0.2, -0.15) is 5.10 Å². The minimum Gasteiger partial charge on any atom is -0.308 e. The van der Waals surface area contributed by atoms with E-state index in [0.717, 1.165) is 12.2 Å². The SMILES string of the molecule is Fc1cc(Cl)ccc1Cn1ccc(CNC2CC2)n1. The number of aromatic nitrogens is 2. The van der Waals surface area contributed by atoms with Gasteiger partial charge >= 0.3 is 0 Å². The van der Waals surface area contributed by atoms with Crippen molar-refractivity contribution in [2.24, 2.45) is 0 Å². The topological polar surface area (TPSA) is 29.9 Å². The van der Waals surface area contributed by atoms with E-state index in [1.165, 1.54) is 18.9 Å². The van der Waals surface area contributed by atoms with Crippen LogP contribution in [0.5, 0.6) is 0 Å². The lowest BCUT2D eigenvalue weighted by Gasteiger charge is -2.04. The molecule has 1 N–H and O–H groups in total. The zero-order chi connectivity index (χ0) is 13.2. The largest absolute Gasteiger partial charge is 0.308 e. The van der Waals surface area contributed by atoms with Crippen LogP contribution in [-0.2, 0) is 13.1 Å². The molecule has 3 nitrogen and oxygen atoms in total. The molecule has 0 aliphatic heterocycles. The van der Waals surface area contributed by atoms with Crippen molar-refractivity contribution in [3.8, 4) is 0 Å². The molecule has 0 bridgehead atoms. The van der Waals surface area contributed by atoms with Gasteiger partial charge in [-0.1, -0.05) is 17.7 Å². The summed E-state index contributed by atoms with van der Waals surface area (Å²) in [7, 11) is 0. The van der Waals surface area contributed by atoms with Crippen molar-refractivity contribution in [2.45, 2.75) is 32.0 Å². The van der Waals surface area contributed by atoms with E-state index < -0.39 is 0 Å². The Kier molecular flexibility index (Phi) is 3.53. The number of hydrogen-bond acceptors (Lipinski definition) is 2. The summed E-state index contributed by atoms with van der Waals surface area (Å²) < 4.78 is 15.4. The van der Waals surface area contributed by atoms with Crippen LogP contribution in [0, 0.1) is 5.82 Å². The number of hydrogen-bond donors (Lipinski definition) is 1. The van der Waals surface area contributed by atoms with Gasteiger partial charge in [0.25, 0.3) is 0 Å². The zero-order valence-corrected chi connectivity index (χ0v) is 11.2. The van der Waals surface area contributed by atoms with Crippen molar-refractivity contribution < 1.29 is 4.39 Å². The van der Waals surface area contributed by atoms with Gasteiger partial charge in [0.05, 0.1) is 12.2 Å². The Hall–Kier alpha value is -1.39. The second-order valence-electron chi connectivity index (χ2n) is 4.90. The molecule has 0 amide bonds. The lowest BCUT2D eigenvalue weighted by atomic mass is 10.2. The molecule has 1 aliphatic rings. The van der Waals surface area contributed by atoms with Crippen LogP contribution in [0.2, 0.25) is 5.02 Å². The molecular weight excluding hydrogens is 265 g/mol. The standard InChI is InChI=1S/C14H15ClFN3/c15-11-2-1-10(14(16)7-11)9-19-6-5-13(18-19)8-17-12-3-4-12/h1-2,5-7,12,17H,3-4,8-9H2. The predicted octanol–water partition coefficient (Wildman–Crippen LogP) is 2.98. The Morgan fingerprint density at radius 2 is 2.21 bits per heavy atom. The Balaban J connectivity index is 1.65. The minimum absolute atomic E-state index is 0.291. The van der Waals surface area contributed by atoms with E-state index in [0.29, 0.717) is 23.2 Å². The van der Waals surface area contributed by atoms with Gasteiger partial charge in [0.15, 0.2) is 0 Å². The van der Waals surface area contributed by atoms with Crippen molar-refractivity contribution in [2.75, 3.05) is 0 Å². The van der Waals surface area contributed by atoms with Gasteiger partial charge in [0, 0.05) is 29.4 Å². The molecule has 1 saturated carbocycles. The van der Waals surface area contributed by atoms with Crippen molar-refractivity contribution in [3.05, 3.63) is 52.6 Å². The first-order chi connectivity index (χ1) is 9.20. The fraction of sp³-hybridized carbons (Fsp3) is 0.357. The lowest BCUT2D eigenvalue weighted by Crippen LogP contribution is -2.16. The highest BCUT2D eigenvalue weighted by Crippen LogP contribution is 2.19. The number of benzene rings is 1. The summed E-state index contributed by atoms with van der Waals surface area (Å²) in [6, 6.07) is 7.35. The number of nitrogens with one attached hydrogen (secondary N) is 1. The molecule has 1 heterocycles. The summed E-state index contributed by atoms with van der Waals surface area (Å²) in [5.41, 5.74) is 1.58. The van der Waals surface area contributed by atoms with Crippen LogP contribution in [0.1, 0.15) is 24.1 Å². The highest BCUT2D eigenvalue weighted by Gasteiger charge is 2.20. The van der Waals surface area contributed by atoms with Crippen LogP contribution in [0.4, 0.5) is 4.39 Å². The summed E-state index contributed by atoms with van der Waals surface area (Å²) in [5, 5.41) is 8.24. The van der Waals surface area contributed by atoms with Gasteiger partial charge in [0.1, 0.15) is 5.82 Å². The van der Waals surface area contributed by atoms with E-state index in [9.17, 15) is 4.39 Å². The molecule has 5 heteroatoms. The lowest BCUT2D eigenvalue weighted by molar-refractivity contribution is 0.578. The molecule has 100 valence electrons. The molecule has 0 spiro atoms. The second kappa shape index (κ2) is 5.31. The Morgan fingerprint density at radius 1 is 1.37 bits per heavy atom.